The van der Waals surface area contributed by atoms with E-state index in [1.54, 1.807) is 18.3 Å². The van der Waals surface area contributed by atoms with E-state index in [1.165, 1.54) is 29.5 Å². The standard InChI is InChI=1S/C20H16F2N4O2S/c21-19(22)27-16-8-6-15(7-9-16)18-24-25-20(28-18)29-13-17-23-10-11-26(17)12-14-4-2-1-3-5-14/h1-11,19H,12-13H2. The van der Waals surface area contributed by atoms with Crippen molar-refractivity contribution >= 4 is 11.8 Å². The lowest BCUT2D eigenvalue weighted by molar-refractivity contribution is -0.0498. The van der Waals surface area contributed by atoms with Crippen LogP contribution in [0.1, 0.15) is 11.4 Å². The quantitative estimate of drug-likeness (QED) is 0.383. The Morgan fingerprint density at radius 2 is 1.83 bits per heavy atom. The van der Waals surface area contributed by atoms with Gasteiger partial charge in [-0.25, -0.2) is 4.98 Å². The number of benzene rings is 2. The normalized spacial score (nSPS) is 11.1. The summed E-state index contributed by atoms with van der Waals surface area (Å²) in [5.41, 5.74) is 1.81. The van der Waals surface area contributed by atoms with Gasteiger partial charge in [0, 0.05) is 24.5 Å². The van der Waals surface area contributed by atoms with Crippen LogP contribution in [-0.4, -0.2) is 26.4 Å². The van der Waals surface area contributed by atoms with Crippen LogP contribution in [0.3, 0.4) is 0 Å². The summed E-state index contributed by atoms with van der Waals surface area (Å²) < 4.78 is 36.5. The summed E-state index contributed by atoms with van der Waals surface area (Å²) in [4.78, 5) is 4.40. The molecule has 0 unspecified atom stereocenters. The molecule has 2 aromatic heterocycles. The molecule has 0 atom stereocenters. The highest BCUT2D eigenvalue weighted by Crippen LogP contribution is 2.27. The maximum absolute atomic E-state index is 12.2. The Bertz CT molecular complexity index is 1050. The fraction of sp³-hybridized carbons (Fsp3) is 0.150. The molecule has 0 aliphatic carbocycles. The van der Waals surface area contributed by atoms with E-state index in [1.807, 2.05) is 24.4 Å². The van der Waals surface area contributed by atoms with Gasteiger partial charge < -0.3 is 13.7 Å². The van der Waals surface area contributed by atoms with E-state index in [4.69, 9.17) is 4.42 Å². The maximum Gasteiger partial charge on any atom is 0.387 e. The minimum atomic E-state index is -2.86. The summed E-state index contributed by atoms with van der Waals surface area (Å²) in [6, 6.07) is 16.2. The van der Waals surface area contributed by atoms with Gasteiger partial charge in [-0.05, 0) is 29.8 Å². The number of aromatic nitrogens is 4. The van der Waals surface area contributed by atoms with Crippen LogP contribution in [0.25, 0.3) is 11.5 Å². The third-order valence-corrected chi connectivity index (χ3v) is 4.87. The fourth-order valence-corrected chi connectivity index (χ4v) is 3.42. The van der Waals surface area contributed by atoms with E-state index < -0.39 is 6.61 Å². The van der Waals surface area contributed by atoms with Gasteiger partial charge in [-0.1, -0.05) is 42.1 Å². The van der Waals surface area contributed by atoms with Crippen molar-refractivity contribution in [3.05, 3.63) is 78.4 Å². The molecule has 0 amide bonds. The Morgan fingerprint density at radius 3 is 2.59 bits per heavy atom. The molecule has 9 heteroatoms. The number of thioether (sulfide) groups is 1. The zero-order valence-electron chi connectivity index (χ0n) is 15.1. The van der Waals surface area contributed by atoms with Crippen molar-refractivity contribution in [3.8, 4) is 17.2 Å². The molecule has 0 N–H and O–H groups in total. The number of hydrogen-bond acceptors (Lipinski definition) is 6. The third kappa shape index (κ3) is 5.00. The number of alkyl halides is 2. The molecule has 4 aromatic rings. The van der Waals surface area contributed by atoms with Gasteiger partial charge >= 0.3 is 6.61 Å². The second-order valence-corrected chi connectivity index (χ2v) is 6.95. The van der Waals surface area contributed by atoms with Gasteiger partial charge in [-0.15, -0.1) is 10.2 Å². The van der Waals surface area contributed by atoms with E-state index in [0.29, 0.717) is 22.4 Å². The summed E-state index contributed by atoms with van der Waals surface area (Å²) in [7, 11) is 0. The molecule has 0 aliphatic heterocycles. The smallest absolute Gasteiger partial charge is 0.387 e. The number of halogens is 2. The molecule has 0 aliphatic rings. The Hall–Kier alpha value is -3.20. The number of hydrogen-bond donors (Lipinski definition) is 0. The van der Waals surface area contributed by atoms with E-state index in [0.717, 1.165) is 12.4 Å². The molecular weight excluding hydrogens is 398 g/mol. The van der Waals surface area contributed by atoms with Crippen LogP contribution in [0.4, 0.5) is 8.78 Å². The second kappa shape index (κ2) is 8.87. The first kappa shape index (κ1) is 19.1. The number of nitrogens with zero attached hydrogens (tertiary/aromatic N) is 4. The highest BCUT2D eigenvalue weighted by molar-refractivity contribution is 7.98. The molecule has 2 heterocycles. The van der Waals surface area contributed by atoms with Crippen molar-refractivity contribution in [2.24, 2.45) is 0 Å². The van der Waals surface area contributed by atoms with E-state index >= 15 is 0 Å². The summed E-state index contributed by atoms with van der Waals surface area (Å²) in [6.45, 7) is -2.12. The molecule has 148 valence electrons. The lowest BCUT2D eigenvalue weighted by atomic mass is 10.2. The Balaban J connectivity index is 1.38. The summed E-state index contributed by atoms with van der Waals surface area (Å²) >= 11 is 1.38. The predicted molar refractivity (Wildman–Crippen MR) is 104 cm³/mol. The van der Waals surface area contributed by atoms with E-state index in [2.05, 4.69) is 36.6 Å². The number of imidazole rings is 1. The van der Waals surface area contributed by atoms with Crippen LogP contribution in [0.5, 0.6) is 5.75 Å². The van der Waals surface area contributed by atoms with Gasteiger partial charge in [-0.2, -0.15) is 8.78 Å². The van der Waals surface area contributed by atoms with Crippen LogP contribution >= 0.6 is 11.8 Å². The largest absolute Gasteiger partial charge is 0.435 e. The lowest BCUT2D eigenvalue weighted by Crippen LogP contribution is -2.03. The van der Waals surface area contributed by atoms with Crippen LogP contribution in [0, 0.1) is 0 Å². The molecule has 0 saturated heterocycles. The summed E-state index contributed by atoms with van der Waals surface area (Å²) in [5.74, 6) is 1.85. The van der Waals surface area contributed by atoms with Crippen molar-refractivity contribution in [3.63, 3.8) is 0 Å². The van der Waals surface area contributed by atoms with Crippen molar-refractivity contribution < 1.29 is 17.9 Å². The van der Waals surface area contributed by atoms with Gasteiger partial charge in [0.05, 0.1) is 5.75 Å². The number of rotatable bonds is 8. The van der Waals surface area contributed by atoms with Crippen LogP contribution in [0.2, 0.25) is 0 Å². The molecule has 0 bridgehead atoms. The molecule has 0 fully saturated rings. The molecular formula is C20H16F2N4O2S. The van der Waals surface area contributed by atoms with Crippen molar-refractivity contribution in [2.45, 2.75) is 24.1 Å². The van der Waals surface area contributed by atoms with Gasteiger partial charge in [0.1, 0.15) is 11.6 Å². The highest BCUT2D eigenvalue weighted by atomic mass is 32.2. The minimum Gasteiger partial charge on any atom is -0.435 e. The third-order valence-electron chi connectivity index (χ3n) is 4.06. The SMILES string of the molecule is FC(F)Oc1ccc(-c2nnc(SCc3nccn3Cc3ccccc3)o2)cc1. The zero-order valence-corrected chi connectivity index (χ0v) is 15.9. The molecule has 0 spiro atoms. The fourth-order valence-electron chi connectivity index (χ4n) is 2.69. The molecule has 6 nitrogen and oxygen atoms in total. The minimum absolute atomic E-state index is 0.0723. The van der Waals surface area contributed by atoms with Crippen LogP contribution in [0.15, 0.2) is 76.6 Å². The van der Waals surface area contributed by atoms with Crippen molar-refractivity contribution in [1.29, 1.82) is 0 Å². The second-order valence-electron chi connectivity index (χ2n) is 6.02. The maximum atomic E-state index is 12.2. The first-order valence-electron chi connectivity index (χ1n) is 8.73. The average molecular weight is 414 g/mol. The molecule has 4 rings (SSSR count). The Kier molecular flexibility index (Phi) is 5.85. The van der Waals surface area contributed by atoms with E-state index in [-0.39, 0.29) is 5.75 Å². The van der Waals surface area contributed by atoms with Gasteiger partial charge in [0.25, 0.3) is 5.22 Å². The summed E-state index contributed by atoms with van der Waals surface area (Å²) in [6.07, 6.45) is 3.70. The topological polar surface area (TPSA) is 66.0 Å². The van der Waals surface area contributed by atoms with Crippen LogP contribution in [-0.2, 0) is 12.3 Å². The lowest BCUT2D eigenvalue weighted by Gasteiger charge is -2.06. The molecule has 2 aromatic carbocycles. The highest BCUT2D eigenvalue weighted by Gasteiger charge is 2.12. The number of ether oxygens (including phenoxy) is 1. The Labute approximate surface area is 169 Å². The van der Waals surface area contributed by atoms with Gasteiger partial charge in [0.2, 0.25) is 5.89 Å². The molecule has 0 radical (unpaired) electrons. The van der Waals surface area contributed by atoms with Crippen molar-refractivity contribution in [2.75, 3.05) is 0 Å². The monoisotopic (exact) mass is 414 g/mol. The van der Waals surface area contributed by atoms with Crippen LogP contribution < -0.4 is 4.74 Å². The van der Waals surface area contributed by atoms with Gasteiger partial charge in [-0.3, -0.25) is 0 Å². The first-order valence-corrected chi connectivity index (χ1v) is 9.71. The average Bonchev–Trinajstić information content (AvgIpc) is 3.37. The summed E-state index contributed by atoms with van der Waals surface area (Å²) in [5, 5.41) is 8.45. The zero-order chi connectivity index (χ0) is 20.1. The van der Waals surface area contributed by atoms with Gasteiger partial charge in [0.15, 0.2) is 0 Å². The Morgan fingerprint density at radius 1 is 1.03 bits per heavy atom. The predicted octanol–water partition coefficient (Wildman–Crippen LogP) is 4.88. The molecule has 29 heavy (non-hydrogen) atoms. The van der Waals surface area contributed by atoms with Crippen molar-refractivity contribution in [1.82, 2.24) is 19.7 Å². The molecule has 0 saturated carbocycles. The van der Waals surface area contributed by atoms with E-state index in [9.17, 15) is 8.78 Å². The first-order chi connectivity index (χ1) is 14.2.